The summed E-state index contributed by atoms with van der Waals surface area (Å²) in [4.78, 5) is 11.2. The van der Waals surface area contributed by atoms with Gasteiger partial charge in [0.15, 0.2) is 0 Å². The molecule has 1 unspecified atom stereocenters. The van der Waals surface area contributed by atoms with Crippen molar-refractivity contribution in [2.45, 2.75) is 39.3 Å². The van der Waals surface area contributed by atoms with Crippen LogP contribution in [-0.4, -0.2) is 12.0 Å². The molecule has 1 aromatic carbocycles. The Bertz CT molecular complexity index is 377. The van der Waals surface area contributed by atoms with Gasteiger partial charge in [-0.2, -0.15) is 5.26 Å². The molecule has 0 spiro atoms. The average Bonchev–Trinajstić information content (AvgIpc) is 2.45. The lowest BCUT2D eigenvalue weighted by Gasteiger charge is -2.05. The highest BCUT2D eigenvalue weighted by atomic mass is 16.5. The molecule has 0 saturated carbocycles. The van der Waals surface area contributed by atoms with E-state index in [1.807, 2.05) is 50.2 Å². The van der Waals surface area contributed by atoms with Crippen molar-refractivity contribution in [1.82, 2.24) is 0 Å². The van der Waals surface area contributed by atoms with Crippen LogP contribution >= 0.6 is 0 Å². The van der Waals surface area contributed by atoms with E-state index in [1.54, 1.807) is 0 Å². The van der Waals surface area contributed by atoms with E-state index in [4.69, 9.17) is 15.7 Å². The van der Waals surface area contributed by atoms with Crippen molar-refractivity contribution in [3.8, 4) is 6.07 Å². The lowest BCUT2D eigenvalue weighted by atomic mass is 10.2. The van der Waals surface area contributed by atoms with E-state index in [2.05, 4.69) is 0 Å². The molecule has 0 aliphatic rings. The second-order valence-electron chi connectivity index (χ2n) is 3.42. The average molecular weight is 250 g/mol. The molecule has 2 N–H and O–H groups in total. The minimum Gasteiger partial charge on any atom is -0.461 e. The Balaban J connectivity index is 0. The normalized spacial score (nSPS) is 10.6. The SMILES string of the molecule is CC.N#CC(N)CCC(=O)OCc1ccccc1.[HH]. The van der Waals surface area contributed by atoms with E-state index in [9.17, 15) is 4.79 Å². The first kappa shape index (κ1) is 16.1. The van der Waals surface area contributed by atoms with Gasteiger partial charge in [0, 0.05) is 7.85 Å². The van der Waals surface area contributed by atoms with Crippen molar-refractivity contribution >= 4 is 5.97 Å². The Hall–Kier alpha value is -1.86. The van der Waals surface area contributed by atoms with Crippen molar-refractivity contribution in [2.24, 2.45) is 5.73 Å². The van der Waals surface area contributed by atoms with Gasteiger partial charge in [0.25, 0.3) is 0 Å². The molecule has 0 aromatic heterocycles. The van der Waals surface area contributed by atoms with Crippen LogP contribution in [0.3, 0.4) is 0 Å². The second kappa shape index (κ2) is 10.3. The summed E-state index contributed by atoms with van der Waals surface area (Å²) in [6, 6.07) is 10.7. The number of nitrogens with zero attached hydrogens (tertiary/aromatic N) is 1. The van der Waals surface area contributed by atoms with Gasteiger partial charge >= 0.3 is 5.97 Å². The third-order valence-electron chi connectivity index (χ3n) is 2.07. The molecule has 0 aliphatic heterocycles. The van der Waals surface area contributed by atoms with Crippen molar-refractivity contribution in [3.05, 3.63) is 35.9 Å². The Morgan fingerprint density at radius 1 is 1.44 bits per heavy atom. The highest BCUT2D eigenvalue weighted by Crippen LogP contribution is 2.03. The summed E-state index contributed by atoms with van der Waals surface area (Å²) >= 11 is 0. The first-order valence-electron chi connectivity index (χ1n) is 6.07. The number of hydrogen-bond donors (Lipinski definition) is 1. The largest absolute Gasteiger partial charge is 0.461 e. The van der Waals surface area contributed by atoms with E-state index in [0.717, 1.165) is 5.56 Å². The van der Waals surface area contributed by atoms with Crippen LogP contribution in [0.4, 0.5) is 0 Å². The molecule has 0 amide bonds. The van der Waals surface area contributed by atoms with Gasteiger partial charge in [0.2, 0.25) is 0 Å². The predicted molar refractivity (Wildman–Crippen MR) is 72.5 cm³/mol. The van der Waals surface area contributed by atoms with E-state index >= 15 is 0 Å². The molecule has 4 heteroatoms. The minimum absolute atomic E-state index is 0. The first-order chi connectivity index (χ1) is 8.72. The van der Waals surface area contributed by atoms with E-state index in [1.165, 1.54) is 0 Å². The smallest absolute Gasteiger partial charge is 0.306 e. The molecular formula is C14H22N2O2. The van der Waals surface area contributed by atoms with E-state index in [0.29, 0.717) is 6.42 Å². The number of carbonyl (C=O) groups excluding carboxylic acids is 1. The number of benzene rings is 1. The summed E-state index contributed by atoms with van der Waals surface area (Å²) in [5.74, 6) is -0.324. The summed E-state index contributed by atoms with van der Waals surface area (Å²) in [6.45, 7) is 4.27. The number of nitriles is 1. The maximum Gasteiger partial charge on any atom is 0.306 e. The zero-order chi connectivity index (χ0) is 13.8. The van der Waals surface area contributed by atoms with E-state index < -0.39 is 6.04 Å². The molecule has 1 atom stereocenters. The van der Waals surface area contributed by atoms with Gasteiger partial charge in [-0.25, -0.2) is 0 Å². The minimum atomic E-state index is -0.593. The van der Waals surface area contributed by atoms with Gasteiger partial charge in [-0.1, -0.05) is 44.2 Å². The molecule has 4 nitrogen and oxygen atoms in total. The third-order valence-corrected chi connectivity index (χ3v) is 2.07. The first-order valence-corrected chi connectivity index (χ1v) is 6.07. The quantitative estimate of drug-likeness (QED) is 0.815. The molecule has 0 saturated heterocycles. The van der Waals surface area contributed by atoms with Gasteiger partial charge in [0.1, 0.15) is 6.61 Å². The summed E-state index contributed by atoms with van der Waals surface area (Å²) < 4.78 is 5.02. The lowest BCUT2D eigenvalue weighted by molar-refractivity contribution is -0.145. The number of esters is 1. The molecule has 0 bridgehead atoms. The molecule has 0 heterocycles. The molecule has 1 rings (SSSR count). The van der Waals surface area contributed by atoms with Gasteiger partial charge in [0.05, 0.1) is 12.1 Å². The number of hydrogen-bond acceptors (Lipinski definition) is 4. The maximum atomic E-state index is 11.2. The zero-order valence-corrected chi connectivity index (χ0v) is 10.9. The lowest BCUT2D eigenvalue weighted by Crippen LogP contribution is -2.19. The van der Waals surface area contributed by atoms with Crippen molar-refractivity contribution in [2.75, 3.05) is 0 Å². The Kier molecular flexibility index (Phi) is 9.24. The molecule has 0 fully saturated rings. The van der Waals surface area contributed by atoms with Crippen LogP contribution < -0.4 is 5.73 Å². The van der Waals surface area contributed by atoms with Crippen LogP contribution in [0, 0.1) is 11.3 Å². The summed E-state index contributed by atoms with van der Waals surface area (Å²) in [7, 11) is 0. The summed E-state index contributed by atoms with van der Waals surface area (Å²) in [5.41, 5.74) is 6.30. The third kappa shape index (κ3) is 7.42. The van der Waals surface area contributed by atoms with Gasteiger partial charge < -0.3 is 10.5 Å². The molecular weight excluding hydrogens is 228 g/mol. The van der Waals surface area contributed by atoms with E-state index in [-0.39, 0.29) is 20.4 Å². The van der Waals surface area contributed by atoms with Crippen LogP contribution in [0.25, 0.3) is 0 Å². The molecule has 100 valence electrons. The number of rotatable bonds is 5. The Morgan fingerprint density at radius 3 is 2.61 bits per heavy atom. The zero-order valence-electron chi connectivity index (χ0n) is 10.9. The second-order valence-corrected chi connectivity index (χ2v) is 3.42. The molecule has 18 heavy (non-hydrogen) atoms. The van der Waals surface area contributed by atoms with Crippen LogP contribution in [0.15, 0.2) is 30.3 Å². The molecule has 0 radical (unpaired) electrons. The van der Waals surface area contributed by atoms with Crippen LogP contribution in [-0.2, 0) is 16.1 Å². The number of ether oxygens (including phenoxy) is 1. The van der Waals surface area contributed by atoms with Crippen molar-refractivity contribution in [3.63, 3.8) is 0 Å². The molecule has 1 aromatic rings. The fourth-order valence-corrected chi connectivity index (χ4v) is 1.15. The number of carbonyl (C=O) groups is 1. The maximum absolute atomic E-state index is 11.2. The molecule has 0 aliphatic carbocycles. The standard InChI is InChI=1S/C12H14N2O2.C2H6.H2/c13-8-11(14)6-7-12(15)16-9-10-4-2-1-3-5-10;1-2;/h1-5,11H,6-7,9,14H2;1-2H3;1H. The highest BCUT2D eigenvalue weighted by Gasteiger charge is 2.07. The van der Waals surface area contributed by atoms with Gasteiger partial charge in [-0.05, 0) is 12.0 Å². The van der Waals surface area contributed by atoms with Crippen LogP contribution in [0.5, 0.6) is 0 Å². The predicted octanol–water partition coefficient (Wildman–Crippen LogP) is 2.63. The van der Waals surface area contributed by atoms with Gasteiger partial charge in [-0.3, -0.25) is 4.79 Å². The fourth-order valence-electron chi connectivity index (χ4n) is 1.15. The Morgan fingerprint density at radius 2 is 2.06 bits per heavy atom. The highest BCUT2D eigenvalue weighted by molar-refractivity contribution is 5.69. The van der Waals surface area contributed by atoms with Crippen molar-refractivity contribution < 1.29 is 11.0 Å². The summed E-state index contributed by atoms with van der Waals surface area (Å²) in [6.07, 6.45) is 0.520. The van der Waals surface area contributed by atoms with Crippen LogP contribution in [0.2, 0.25) is 0 Å². The fraction of sp³-hybridized carbons (Fsp3) is 0.429. The van der Waals surface area contributed by atoms with Gasteiger partial charge in [-0.15, -0.1) is 0 Å². The monoisotopic (exact) mass is 250 g/mol. The summed E-state index contributed by atoms with van der Waals surface area (Å²) in [5, 5.41) is 8.43. The topological polar surface area (TPSA) is 76.1 Å². The van der Waals surface area contributed by atoms with Crippen molar-refractivity contribution in [1.29, 1.82) is 5.26 Å². The number of nitrogens with two attached hydrogens (primary N) is 1. The Labute approximate surface area is 110 Å². The van der Waals surface area contributed by atoms with Crippen LogP contribution in [0.1, 0.15) is 33.7 Å².